The lowest BCUT2D eigenvalue weighted by Gasteiger charge is -2.30. The van der Waals surface area contributed by atoms with Crippen LogP contribution in [0, 0.1) is 0 Å². The van der Waals surface area contributed by atoms with Gasteiger partial charge in [0.1, 0.15) is 11.0 Å². The van der Waals surface area contributed by atoms with Gasteiger partial charge in [0.2, 0.25) is 0 Å². The lowest BCUT2D eigenvalue weighted by Crippen LogP contribution is -2.38. The number of nitrogens with zero attached hydrogens (tertiary/aromatic N) is 3. The van der Waals surface area contributed by atoms with E-state index in [0.717, 1.165) is 58.2 Å². The molecule has 0 fully saturated rings. The Morgan fingerprint density at radius 1 is 1.18 bits per heavy atom. The van der Waals surface area contributed by atoms with Crippen LogP contribution in [-0.2, 0) is 18.0 Å². The van der Waals surface area contributed by atoms with Crippen molar-refractivity contribution in [2.75, 3.05) is 24.7 Å². The van der Waals surface area contributed by atoms with Crippen molar-refractivity contribution in [3.8, 4) is 11.3 Å². The zero-order valence-electron chi connectivity index (χ0n) is 20.0. The number of unbranched alkanes of at least 4 members (excludes halogenated alkanes) is 1. The van der Waals surface area contributed by atoms with E-state index >= 15 is 0 Å². The lowest BCUT2D eigenvalue weighted by atomic mass is 10.1. The van der Waals surface area contributed by atoms with Crippen LogP contribution in [0.1, 0.15) is 36.5 Å². The Balaban J connectivity index is 1.92. The van der Waals surface area contributed by atoms with Crippen molar-refractivity contribution in [3.05, 3.63) is 60.3 Å². The topological polar surface area (TPSA) is 65.8 Å². The number of hydrogen-bond acceptors (Lipinski definition) is 4. The van der Waals surface area contributed by atoms with Gasteiger partial charge in [0.25, 0.3) is 0 Å². The van der Waals surface area contributed by atoms with E-state index in [4.69, 9.17) is 0 Å². The van der Waals surface area contributed by atoms with Gasteiger partial charge in [-0.3, -0.25) is 0 Å². The van der Waals surface area contributed by atoms with Gasteiger partial charge in [-0.25, -0.2) is 13.3 Å². The zero-order valence-corrected chi connectivity index (χ0v) is 21.7. The van der Waals surface area contributed by atoms with Crippen molar-refractivity contribution in [1.82, 2.24) is 8.87 Å². The van der Waals surface area contributed by atoms with E-state index in [1.54, 1.807) is 24.0 Å². The van der Waals surface area contributed by atoms with Crippen molar-refractivity contribution in [1.29, 1.82) is 0 Å². The number of carboxylic acids is 1. The summed E-state index contributed by atoms with van der Waals surface area (Å²) in [6.45, 7) is 2.93. The summed E-state index contributed by atoms with van der Waals surface area (Å²) in [7, 11) is 2.44. The molecular formula is C26H31N3O3S2. The maximum Gasteiger partial charge on any atom is 0.337 e. The number of aromatic nitrogens is 1. The third-order valence-electron chi connectivity index (χ3n) is 6.42. The average molecular weight is 498 g/mol. The molecular weight excluding hydrogens is 466 g/mol. The summed E-state index contributed by atoms with van der Waals surface area (Å²) in [6.07, 6.45) is 6.78. The van der Waals surface area contributed by atoms with Crippen LogP contribution < -0.4 is 4.90 Å². The molecule has 0 radical (unpaired) electrons. The normalized spacial score (nSPS) is 18.5. The number of carboxylic acid groups (broad SMARTS) is 1. The SMILES string of the molecule is CCCCC1CN(c2ccccc2)c2cc(SC)c(-c3cc(C(=O)O)cn3C)cc2S(=O)N1C. The summed E-state index contributed by atoms with van der Waals surface area (Å²) >= 11 is 1.61. The number of aryl methyl sites for hydroxylation is 1. The van der Waals surface area contributed by atoms with E-state index in [2.05, 4.69) is 30.0 Å². The zero-order chi connectivity index (χ0) is 24.4. The van der Waals surface area contributed by atoms with Gasteiger partial charge in [0, 0.05) is 54.7 Å². The van der Waals surface area contributed by atoms with E-state index < -0.39 is 17.0 Å². The highest BCUT2D eigenvalue weighted by atomic mass is 32.2. The van der Waals surface area contributed by atoms with Crippen LogP contribution >= 0.6 is 11.8 Å². The molecule has 1 aromatic heterocycles. The molecule has 2 atom stereocenters. The van der Waals surface area contributed by atoms with E-state index in [-0.39, 0.29) is 11.6 Å². The largest absolute Gasteiger partial charge is 0.478 e. The standard InChI is InChI=1S/C26H31N3O3S2/c1-5-6-10-20-17-29(19-11-8-7-9-12-19)23-15-24(33-4)21(14-25(23)34(32)28(20)3)22-13-18(26(30)31)16-27(22)2/h7-9,11-16,20H,5-6,10,17H2,1-4H3,(H,30,31). The second-order valence-electron chi connectivity index (χ2n) is 8.59. The van der Waals surface area contributed by atoms with Gasteiger partial charge in [0.15, 0.2) is 0 Å². The summed E-state index contributed by atoms with van der Waals surface area (Å²) in [5.41, 5.74) is 3.94. The lowest BCUT2D eigenvalue weighted by molar-refractivity contribution is 0.0697. The summed E-state index contributed by atoms with van der Waals surface area (Å²) < 4.78 is 17.7. The molecule has 0 amide bonds. The first kappa shape index (κ1) is 24.6. The summed E-state index contributed by atoms with van der Waals surface area (Å²) in [5.74, 6) is -0.959. The quantitative estimate of drug-likeness (QED) is 0.419. The number of benzene rings is 2. The van der Waals surface area contributed by atoms with Crippen LogP contribution in [0.25, 0.3) is 11.3 Å². The van der Waals surface area contributed by atoms with Crippen molar-refractivity contribution < 1.29 is 14.1 Å². The van der Waals surface area contributed by atoms with Crippen LogP contribution in [-0.4, -0.2) is 50.0 Å². The Morgan fingerprint density at radius 3 is 2.53 bits per heavy atom. The Labute approximate surface area is 208 Å². The van der Waals surface area contributed by atoms with Crippen LogP contribution in [0.15, 0.2) is 64.5 Å². The van der Waals surface area contributed by atoms with E-state index in [9.17, 15) is 14.1 Å². The van der Waals surface area contributed by atoms with Gasteiger partial charge in [-0.2, -0.15) is 0 Å². The molecule has 3 aromatic rings. The Hall–Kier alpha value is -2.55. The number of likely N-dealkylation sites (N-methyl/N-ethyl adjacent to an activating group) is 1. The highest BCUT2D eigenvalue weighted by molar-refractivity contribution is 7.98. The predicted octanol–water partition coefficient (Wildman–Crippen LogP) is 5.78. The molecule has 4 rings (SSSR count). The summed E-state index contributed by atoms with van der Waals surface area (Å²) in [4.78, 5) is 15.6. The fourth-order valence-electron chi connectivity index (χ4n) is 4.50. The summed E-state index contributed by atoms with van der Waals surface area (Å²) in [6, 6.07) is 16.2. The first-order valence-electron chi connectivity index (χ1n) is 11.4. The molecule has 2 aromatic carbocycles. The molecule has 180 valence electrons. The number of para-hydroxylation sites is 1. The van der Waals surface area contributed by atoms with Crippen LogP contribution in [0.2, 0.25) is 0 Å². The van der Waals surface area contributed by atoms with Gasteiger partial charge >= 0.3 is 5.97 Å². The molecule has 1 aliphatic heterocycles. The van der Waals surface area contributed by atoms with Crippen molar-refractivity contribution in [2.24, 2.45) is 7.05 Å². The maximum absolute atomic E-state index is 13.9. The average Bonchev–Trinajstić information content (AvgIpc) is 3.20. The Bertz CT molecular complexity index is 1210. The number of carbonyl (C=O) groups is 1. The molecule has 0 aliphatic carbocycles. The van der Waals surface area contributed by atoms with Gasteiger partial charge in [-0.05, 0) is 43.0 Å². The van der Waals surface area contributed by atoms with Gasteiger partial charge in [-0.15, -0.1) is 11.8 Å². The minimum absolute atomic E-state index is 0.142. The molecule has 8 heteroatoms. The highest BCUT2D eigenvalue weighted by Crippen LogP contribution is 2.42. The third kappa shape index (κ3) is 4.67. The second-order valence-corrected chi connectivity index (χ2v) is 11.0. The van der Waals surface area contributed by atoms with Gasteiger partial charge < -0.3 is 14.6 Å². The van der Waals surface area contributed by atoms with Gasteiger partial charge in [0.05, 0.1) is 16.1 Å². The Morgan fingerprint density at radius 2 is 1.91 bits per heavy atom. The number of anilines is 2. The minimum Gasteiger partial charge on any atom is -0.478 e. The number of rotatable bonds is 7. The predicted molar refractivity (Wildman–Crippen MR) is 141 cm³/mol. The third-order valence-corrected chi connectivity index (χ3v) is 8.72. The van der Waals surface area contributed by atoms with E-state index in [0.29, 0.717) is 0 Å². The molecule has 0 spiro atoms. The number of thioether (sulfide) groups is 1. The highest BCUT2D eigenvalue weighted by Gasteiger charge is 2.32. The maximum atomic E-state index is 13.9. The molecule has 1 aliphatic rings. The molecule has 6 nitrogen and oxygen atoms in total. The molecule has 34 heavy (non-hydrogen) atoms. The molecule has 1 N–H and O–H groups in total. The fourth-order valence-corrected chi connectivity index (χ4v) is 6.43. The van der Waals surface area contributed by atoms with Crippen LogP contribution in [0.3, 0.4) is 0 Å². The van der Waals surface area contributed by atoms with Crippen LogP contribution in [0.4, 0.5) is 11.4 Å². The molecule has 2 heterocycles. The van der Waals surface area contributed by atoms with Crippen molar-refractivity contribution in [3.63, 3.8) is 0 Å². The monoisotopic (exact) mass is 497 g/mol. The second kappa shape index (κ2) is 10.4. The molecule has 0 bridgehead atoms. The minimum atomic E-state index is -1.35. The number of aromatic carboxylic acids is 1. The summed E-state index contributed by atoms with van der Waals surface area (Å²) in [5, 5.41) is 9.48. The van der Waals surface area contributed by atoms with Gasteiger partial charge in [-0.1, -0.05) is 38.0 Å². The number of fused-ring (bicyclic) bond motifs is 1. The van der Waals surface area contributed by atoms with E-state index in [1.807, 2.05) is 53.5 Å². The first-order valence-corrected chi connectivity index (χ1v) is 13.8. The van der Waals surface area contributed by atoms with Crippen LogP contribution in [0.5, 0.6) is 0 Å². The molecule has 2 unspecified atom stereocenters. The van der Waals surface area contributed by atoms with E-state index in [1.165, 1.54) is 0 Å². The molecule has 0 saturated carbocycles. The van der Waals surface area contributed by atoms with Crippen molar-refractivity contribution >= 4 is 40.1 Å². The smallest absolute Gasteiger partial charge is 0.337 e. The first-order chi connectivity index (χ1) is 16.3. The van der Waals surface area contributed by atoms with Crippen molar-refractivity contribution in [2.45, 2.75) is 42.0 Å². The fraction of sp³-hybridized carbons (Fsp3) is 0.346. The Kier molecular flexibility index (Phi) is 7.50. The molecule has 0 saturated heterocycles. The number of hydrogen-bond donors (Lipinski definition) is 1.